The van der Waals surface area contributed by atoms with Crippen molar-refractivity contribution < 1.29 is 0 Å². The van der Waals surface area contributed by atoms with Crippen molar-refractivity contribution >= 4 is 5.69 Å². The zero-order chi connectivity index (χ0) is 11.7. The predicted octanol–water partition coefficient (Wildman–Crippen LogP) is 2.76. The van der Waals surface area contributed by atoms with Crippen molar-refractivity contribution in [1.82, 2.24) is 0 Å². The smallest absolute Gasteiger partial charge is 0.0372 e. The van der Waals surface area contributed by atoms with Crippen LogP contribution in [0.15, 0.2) is 12.1 Å². The van der Waals surface area contributed by atoms with Crippen LogP contribution in [0, 0.1) is 26.7 Å². The fraction of sp³-hybridized carbons (Fsp3) is 0.571. The van der Waals surface area contributed by atoms with Crippen molar-refractivity contribution in [2.75, 3.05) is 11.9 Å². The van der Waals surface area contributed by atoms with Crippen LogP contribution in [0.3, 0.4) is 0 Å². The van der Waals surface area contributed by atoms with Crippen LogP contribution in [0.5, 0.6) is 0 Å². The highest BCUT2D eigenvalue weighted by molar-refractivity contribution is 5.54. The van der Waals surface area contributed by atoms with Crippen LogP contribution in [0.2, 0.25) is 0 Å². The van der Waals surface area contributed by atoms with Crippen molar-refractivity contribution in [2.45, 2.75) is 39.7 Å². The molecule has 2 nitrogen and oxygen atoms in total. The molecule has 0 aliphatic heterocycles. The number of aryl methyl sites for hydroxylation is 3. The minimum Gasteiger partial charge on any atom is -0.385 e. The van der Waals surface area contributed by atoms with Gasteiger partial charge in [-0.15, -0.1) is 0 Å². The lowest BCUT2D eigenvalue weighted by Crippen LogP contribution is -2.39. The highest BCUT2D eigenvalue weighted by atomic mass is 14.9. The number of hydrogen-bond donors (Lipinski definition) is 2. The van der Waals surface area contributed by atoms with E-state index in [1.807, 2.05) is 0 Å². The Morgan fingerprint density at radius 2 is 1.75 bits per heavy atom. The molecule has 88 valence electrons. The summed E-state index contributed by atoms with van der Waals surface area (Å²) >= 11 is 0. The largest absolute Gasteiger partial charge is 0.385 e. The number of rotatable bonds is 3. The van der Waals surface area contributed by atoms with Crippen molar-refractivity contribution in [3.8, 4) is 0 Å². The Labute approximate surface area is 98.2 Å². The topological polar surface area (TPSA) is 38.0 Å². The maximum absolute atomic E-state index is 5.78. The molecule has 0 aromatic heterocycles. The van der Waals surface area contributed by atoms with Crippen LogP contribution < -0.4 is 11.1 Å². The molecule has 0 heterocycles. The molecule has 0 saturated heterocycles. The summed E-state index contributed by atoms with van der Waals surface area (Å²) in [6.07, 6.45) is 2.35. The van der Waals surface area contributed by atoms with Gasteiger partial charge < -0.3 is 11.1 Å². The second kappa shape index (κ2) is 4.46. The van der Waals surface area contributed by atoms with Crippen LogP contribution >= 0.6 is 0 Å². The van der Waals surface area contributed by atoms with E-state index in [1.54, 1.807) is 0 Å². The summed E-state index contributed by atoms with van der Waals surface area (Å²) in [5, 5.41) is 3.55. The number of benzene rings is 1. The average molecular weight is 218 g/mol. The van der Waals surface area contributed by atoms with Gasteiger partial charge in [0.15, 0.2) is 0 Å². The van der Waals surface area contributed by atoms with Gasteiger partial charge >= 0.3 is 0 Å². The Balaban J connectivity index is 1.96. The van der Waals surface area contributed by atoms with Crippen LogP contribution in [0.25, 0.3) is 0 Å². The molecule has 1 aliphatic carbocycles. The van der Waals surface area contributed by atoms with Crippen LogP contribution in [-0.2, 0) is 0 Å². The quantitative estimate of drug-likeness (QED) is 0.818. The van der Waals surface area contributed by atoms with E-state index < -0.39 is 0 Å². The molecule has 0 spiro atoms. The summed E-state index contributed by atoms with van der Waals surface area (Å²) in [5.41, 5.74) is 11.1. The van der Waals surface area contributed by atoms with Gasteiger partial charge in [0.25, 0.3) is 0 Å². The summed E-state index contributed by atoms with van der Waals surface area (Å²) < 4.78 is 0. The number of nitrogens with one attached hydrogen (secondary N) is 1. The van der Waals surface area contributed by atoms with Crippen LogP contribution in [0.4, 0.5) is 5.69 Å². The first kappa shape index (κ1) is 11.5. The van der Waals surface area contributed by atoms with E-state index >= 15 is 0 Å². The molecule has 0 atom stereocenters. The lowest BCUT2D eigenvalue weighted by molar-refractivity contribution is 0.280. The summed E-state index contributed by atoms with van der Waals surface area (Å²) in [4.78, 5) is 0. The first-order valence-electron chi connectivity index (χ1n) is 6.13. The number of hydrogen-bond acceptors (Lipinski definition) is 2. The van der Waals surface area contributed by atoms with E-state index in [0.717, 1.165) is 12.5 Å². The SMILES string of the molecule is Cc1cc(C)c(NCC2CC(N)C2)cc1C. The fourth-order valence-electron chi connectivity index (χ4n) is 2.36. The Morgan fingerprint density at radius 1 is 1.12 bits per heavy atom. The van der Waals surface area contributed by atoms with Crippen molar-refractivity contribution in [3.63, 3.8) is 0 Å². The molecule has 1 saturated carbocycles. The molecule has 2 rings (SSSR count). The first-order valence-corrected chi connectivity index (χ1v) is 6.13. The molecule has 1 aliphatic rings. The highest BCUT2D eigenvalue weighted by Crippen LogP contribution is 2.27. The van der Waals surface area contributed by atoms with E-state index in [9.17, 15) is 0 Å². The van der Waals surface area contributed by atoms with Crippen molar-refractivity contribution in [3.05, 3.63) is 28.8 Å². The third kappa shape index (κ3) is 2.38. The zero-order valence-corrected chi connectivity index (χ0v) is 10.5. The van der Waals surface area contributed by atoms with Gasteiger partial charge in [-0.3, -0.25) is 0 Å². The zero-order valence-electron chi connectivity index (χ0n) is 10.5. The summed E-state index contributed by atoms with van der Waals surface area (Å²) in [6, 6.07) is 4.96. The second-order valence-electron chi connectivity index (χ2n) is 5.23. The van der Waals surface area contributed by atoms with Gasteiger partial charge in [-0.2, -0.15) is 0 Å². The molecular weight excluding hydrogens is 196 g/mol. The normalized spacial score (nSPS) is 24.0. The van der Waals surface area contributed by atoms with Gasteiger partial charge in [-0.05, 0) is 62.3 Å². The lowest BCUT2D eigenvalue weighted by Gasteiger charge is -2.33. The summed E-state index contributed by atoms with van der Waals surface area (Å²) in [6.45, 7) is 7.56. The van der Waals surface area contributed by atoms with Gasteiger partial charge in [-0.1, -0.05) is 6.07 Å². The molecule has 0 amide bonds. The van der Waals surface area contributed by atoms with Gasteiger partial charge in [0, 0.05) is 18.3 Å². The Bertz CT molecular complexity index is 379. The minimum atomic E-state index is 0.452. The maximum Gasteiger partial charge on any atom is 0.0372 e. The molecule has 0 bridgehead atoms. The molecule has 2 heteroatoms. The molecule has 1 aromatic carbocycles. The third-order valence-corrected chi connectivity index (χ3v) is 3.69. The van der Waals surface area contributed by atoms with Gasteiger partial charge in [0.05, 0.1) is 0 Å². The van der Waals surface area contributed by atoms with Crippen LogP contribution in [-0.4, -0.2) is 12.6 Å². The number of anilines is 1. The fourth-order valence-corrected chi connectivity index (χ4v) is 2.36. The third-order valence-electron chi connectivity index (χ3n) is 3.69. The molecule has 0 unspecified atom stereocenters. The van der Waals surface area contributed by atoms with Gasteiger partial charge in [-0.25, -0.2) is 0 Å². The lowest BCUT2D eigenvalue weighted by atomic mass is 9.81. The van der Waals surface area contributed by atoms with Crippen molar-refractivity contribution in [1.29, 1.82) is 0 Å². The maximum atomic E-state index is 5.78. The molecule has 16 heavy (non-hydrogen) atoms. The standard InChI is InChI=1S/C14H22N2/c1-9-4-11(3)14(5-10(9)2)16-8-12-6-13(15)7-12/h4-5,12-13,16H,6-8,15H2,1-3H3. The molecule has 0 radical (unpaired) electrons. The van der Waals surface area contributed by atoms with E-state index in [2.05, 4.69) is 38.2 Å². The second-order valence-corrected chi connectivity index (χ2v) is 5.23. The summed E-state index contributed by atoms with van der Waals surface area (Å²) in [7, 11) is 0. The average Bonchev–Trinajstić information content (AvgIpc) is 2.18. The van der Waals surface area contributed by atoms with E-state index in [1.165, 1.54) is 35.2 Å². The molecule has 1 fully saturated rings. The Morgan fingerprint density at radius 3 is 2.38 bits per heavy atom. The monoisotopic (exact) mass is 218 g/mol. The van der Waals surface area contributed by atoms with Crippen LogP contribution in [0.1, 0.15) is 29.5 Å². The predicted molar refractivity (Wildman–Crippen MR) is 69.8 cm³/mol. The first-order chi connectivity index (χ1) is 7.56. The van der Waals surface area contributed by atoms with E-state index in [-0.39, 0.29) is 0 Å². The molecular formula is C14H22N2. The van der Waals surface area contributed by atoms with Gasteiger partial charge in [0.2, 0.25) is 0 Å². The molecule has 1 aromatic rings. The highest BCUT2D eigenvalue weighted by Gasteiger charge is 2.25. The summed E-state index contributed by atoms with van der Waals surface area (Å²) in [5.74, 6) is 0.774. The Hall–Kier alpha value is -1.02. The van der Waals surface area contributed by atoms with E-state index in [4.69, 9.17) is 5.73 Å². The van der Waals surface area contributed by atoms with Gasteiger partial charge in [0.1, 0.15) is 0 Å². The van der Waals surface area contributed by atoms with Crippen molar-refractivity contribution in [2.24, 2.45) is 11.7 Å². The molecule has 3 N–H and O–H groups in total. The Kier molecular flexibility index (Phi) is 3.20. The minimum absolute atomic E-state index is 0.452. The number of nitrogens with two attached hydrogens (primary N) is 1. The van der Waals surface area contributed by atoms with E-state index in [0.29, 0.717) is 6.04 Å².